The Morgan fingerprint density at radius 1 is 1.07 bits per heavy atom. The van der Waals surface area contributed by atoms with Crippen molar-refractivity contribution in [2.75, 3.05) is 13.7 Å². The quantitative estimate of drug-likeness (QED) is 0.534. The van der Waals surface area contributed by atoms with Crippen molar-refractivity contribution in [1.29, 1.82) is 0 Å². The lowest BCUT2D eigenvalue weighted by Crippen LogP contribution is -2.18. The summed E-state index contributed by atoms with van der Waals surface area (Å²) >= 11 is 5.18. The highest BCUT2D eigenvalue weighted by molar-refractivity contribution is 8.06. The van der Waals surface area contributed by atoms with Gasteiger partial charge in [0.1, 0.15) is 18.6 Å². The number of hydrogen-bond acceptors (Lipinski definition) is 5. The molecule has 1 aromatic heterocycles. The Morgan fingerprint density at radius 3 is 2.31 bits per heavy atom. The van der Waals surface area contributed by atoms with Gasteiger partial charge in [-0.15, -0.1) is 0 Å². The molecule has 3 aromatic rings. The van der Waals surface area contributed by atoms with Gasteiger partial charge in [0.05, 0.1) is 19.8 Å². The van der Waals surface area contributed by atoms with Gasteiger partial charge in [-0.2, -0.15) is 0 Å². The summed E-state index contributed by atoms with van der Waals surface area (Å²) in [7, 11) is 1.59. The van der Waals surface area contributed by atoms with E-state index in [-0.39, 0.29) is 12.5 Å². The Hall–Kier alpha value is -2.08. The molecule has 0 saturated heterocycles. The standard InChI is InChI=1S/C22H22NO4PS/c1-15(22-13-16(25-2)11-12-23-22)27-28(24,29)26-14-21-19-9-5-3-7-17(19)18-8-4-6-10-20(18)21/h3-13,15,21H,14H2,1-2H3,(H,24,29)/t15-,28?/m1/s1. The highest BCUT2D eigenvalue weighted by Gasteiger charge is 2.29. The minimum absolute atomic E-state index is 0.0269. The van der Waals surface area contributed by atoms with E-state index in [0.717, 1.165) is 11.1 Å². The molecule has 0 fully saturated rings. The van der Waals surface area contributed by atoms with E-state index in [1.165, 1.54) is 11.1 Å². The summed E-state index contributed by atoms with van der Waals surface area (Å²) in [5, 5.41) is 0. The second-order valence-corrected chi connectivity index (χ2v) is 9.61. The van der Waals surface area contributed by atoms with Crippen molar-refractivity contribution in [3.05, 3.63) is 83.7 Å². The molecular weight excluding hydrogens is 405 g/mol. The van der Waals surface area contributed by atoms with E-state index in [0.29, 0.717) is 11.4 Å². The number of aromatic nitrogens is 1. The molecule has 5 nitrogen and oxygen atoms in total. The Balaban J connectivity index is 1.49. The lowest BCUT2D eigenvalue weighted by molar-refractivity contribution is -0.398. The van der Waals surface area contributed by atoms with Gasteiger partial charge in [-0.25, -0.2) is 4.98 Å². The second kappa shape index (κ2) is 8.34. The number of hydrogen-bond donors (Lipinski definition) is 0. The van der Waals surface area contributed by atoms with E-state index in [9.17, 15) is 4.89 Å². The van der Waals surface area contributed by atoms with E-state index >= 15 is 0 Å². The first kappa shape index (κ1) is 20.2. The van der Waals surface area contributed by atoms with E-state index < -0.39 is 12.8 Å². The number of rotatable bonds is 7. The third-order valence-corrected chi connectivity index (χ3v) is 6.73. The van der Waals surface area contributed by atoms with Gasteiger partial charge in [-0.3, -0.25) is 0 Å². The highest BCUT2D eigenvalue weighted by Crippen LogP contribution is 2.49. The third kappa shape index (κ3) is 4.27. The van der Waals surface area contributed by atoms with Gasteiger partial charge >= 0.3 is 0 Å². The fraction of sp³-hybridized carbons (Fsp3) is 0.227. The molecule has 150 valence electrons. The topological polar surface area (TPSA) is 64.9 Å². The summed E-state index contributed by atoms with van der Waals surface area (Å²) in [5.41, 5.74) is 5.36. The summed E-state index contributed by atoms with van der Waals surface area (Å²) < 4.78 is 16.5. The number of benzene rings is 2. The van der Waals surface area contributed by atoms with Crippen molar-refractivity contribution in [3.63, 3.8) is 0 Å². The van der Waals surface area contributed by atoms with Gasteiger partial charge in [-0.05, 0) is 29.2 Å². The number of ether oxygens (including phenoxy) is 1. The Morgan fingerprint density at radius 2 is 1.69 bits per heavy atom. The molecule has 0 amide bonds. The molecule has 0 spiro atoms. The summed E-state index contributed by atoms with van der Waals surface area (Å²) in [6.45, 7) is -1.72. The SMILES string of the molecule is COc1cc[nH+]c([C@@H](C)OP([O-])(=S)OCC2c3ccccc3-c3ccccc32)c1. The predicted octanol–water partition coefficient (Wildman–Crippen LogP) is 4.00. The molecule has 1 N–H and O–H groups in total. The molecule has 0 aliphatic heterocycles. The number of pyridine rings is 1. The smallest absolute Gasteiger partial charge is 0.212 e. The molecule has 4 rings (SSSR count). The van der Waals surface area contributed by atoms with Crippen molar-refractivity contribution in [1.82, 2.24) is 0 Å². The van der Waals surface area contributed by atoms with Crippen LogP contribution in [0.2, 0.25) is 0 Å². The molecule has 0 bridgehead atoms. The largest absolute Gasteiger partial charge is 0.780 e. The van der Waals surface area contributed by atoms with E-state index in [1.54, 1.807) is 32.4 Å². The van der Waals surface area contributed by atoms with Crippen LogP contribution in [0.3, 0.4) is 0 Å². The number of methoxy groups -OCH3 is 1. The first-order chi connectivity index (χ1) is 14.0. The molecule has 0 radical (unpaired) electrons. The maximum Gasteiger partial charge on any atom is 0.212 e. The first-order valence-corrected chi connectivity index (χ1v) is 11.9. The zero-order valence-electron chi connectivity index (χ0n) is 16.2. The summed E-state index contributed by atoms with van der Waals surface area (Å²) in [4.78, 5) is 15.9. The number of fused-ring (bicyclic) bond motifs is 3. The Labute approximate surface area is 175 Å². The molecule has 1 heterocycles. The van der Waals surface area contributed by atoms with E-state index in [1.807, 2.05) is 24.3 Å². The van der Waals surface area contributed by atoms with Gasteiger partial charge in [0.25, 0.3) is 0 Å². The van der Waals surface area contributed by atoms with Crippen molar-refractivity contribution < 1.29 is 23.7 Å². The first-order valence-electron chi connectivity index (χ1n) is 9.36. The van der Waals surface area contributed by atoms with Crippen LogP contribution in [0.4, 0.5) is 0 Å². The zero-order valence-corrected chi connectivity index (χ0v) is 17.9. The summed E-state index contributed by atoms with van der Waals surface area (Å²) in [6, 6.07) is 20.0. The van der Waals surface area contributed by atoms with Crippen LogP contribution in [0.25, 0.3) is 11.1 Å². The maximum absolute atomic E-state index is 12.9. The van der Waals surface area contributed by atoms with Crippen LogP contribution in [0.5, 0.6) is 5.75 Å². The molecule has 1 unspecified atom stereocenters. The van der Waals surface area contributed by atoms with Crippen molar-refractivity contribution in [2.45, 2.75) is 18.9 Å². The van der Waals surface area contributed by atoms with Crippen LogP contribution in [0.15, 0.2) is 66.9 Å². The average molecular weight is 427 g/mol. The van der Waals surface area contributed by atoms with Crippen molar-refractivity contribution in [3.8, 4) is 16.9 Å². The van der Waals surface area contributed by atoms with Gasteiger partial charge in [0, 0.05) is 12.0 Å². The molecule has 0 saturated carbocycles. The van der Waals surface area contributed by atoms with Crippen LogP contribution in [-0.2, 0) is 20.9 Å². The second-order valence-electron chi connectivity index (χ2n) is 6.90. The van der Waals surface area contributed by atoms with Gasteiger partial charge < -0.3 is 18.7 Å². The van der Waals surface area contributed by atoms with Crippen LogP contribution >= 0.6 is 6.72 Å². The average Bonchev–Trinajstić information content (AvgIpc) is 3.06. The van der Waals surface area contributed by atoms with Gasteiger partial charge in [0.2, 0.25) is 5.69 Å². The fourth-order valence-electron chi connectivity index (χ4n) is 3.71. The van der Waals surface area contributed by atoms with Gasteiger partial charge in [-0.1, -0.05) is 60.3 Å². The number of nitrogens with one attached hydrogen (secondary N) is 1. The summed E-state index contributed by atoms with van der Waals surface area (Å²) in [6.07, 6.45) is 1.20. The predicted molar refractivity (Wildman–Crippen MR) is 113 cm³/mol. The van der Waals surface area contributed by atoms with Crippen LogP contribution in [-0.4, -0.2) is 13.7 Å². The maximum atomic E-state index is 12.9. The molecular formula is C22H22NO4PS. The zero-order chi connectivity index (χ0) is 20.4. The van der Waals surface area contributed by atoms with E-state index in [4.69, 9.17) is 25.6 Å². The Bertz CT molecular complexity index is 1030. The van der Waals surface area contributed by atoms with Crippen LogP contribution < -0.4 is 14.6 Å². The normalized spacial score (nSPS) is 16.0. The number of aromatic amines is 1. The Kier molecular flexibility index (Phi) is 5.81. The van der Waals surface area contributed by atoms with Crippen molar-refractivity contribution >= 4 is 18.5 Å². The van der Waals surface area contributed by atoms with Gasteiger partial charge in [0.15, 0.2) is 6.20 Å². The van der Waals surface area contributed by atoms with Crippen molar-refractivity contribution in [2.24, 2.45) is 0 Å². The molecule has 1 aliphatic rings. The molecule has 1 aliphatic carbocycles. The van der Waals surface area contributed by atoms with E-state index in [2.05, 4.69) is 29.2 Å². The molecule has 7 heteroatoms. The minimum Gasteiger partial charge on any atom is -0.780 e. The van der Waals surface area contributed by atoms with Crippen LogP contribution in [0.1, 0.15) is 35.8 Å². The highest BCUT2D eigenvalue weighted by atomic mass is 32.5. The van der Waals surface area contributed by atoms with Crippen LogP contribution in [0, 0.1) is 0 Å². The third-order valence-electron chi connectivity index (χ3n) is 5.12. The lowest BCUT2D eigenvalue weighted by atomic mass is 9.98. The summed E-state index contributed by atoms with van der Waals surface area (Å²) in [5.74, 6) is 0.648. The minimum atomic E-state index is -3.69. The lowest BCUT2D eigenvalue weighted by Gasteiger charge is -2.30. The molecule has 2 atom stereocenters. The fourth-order valence-corrected chi connectivity index (χ4v) is 5.17. The molecule has 2 aromatic carbocycles. The molecule has 29 heavy (non-hydrogen) atoms. The monoisotopic (exact) mass is 427 g/mol. The number of H-pyrrole nitrogens is 1.